The minimum atomic E-state index is -0.210. The number of rotatable bonds is 8. The van der Waals surface area contributed by atoms with Crippen LogP contribution in [0.2, 0.25) is 15.1 Å². The molecule has 1 amide bonds. The Labute approximate surface area is 284 Å². The molecular formula is C33H26Cl3IN2O3S. The average molecular weight is 764 g/mol. The fourth-order valence-corrected chi connectivity index (χ4v) is 6.48. The normalized spacial score (nSPS) is 15.0. The molecule has 4 aromatic carbocycles. The van der Waals surface area contributed by atoms with Crippen molar-refractivity contribution in [1.82, 2.24) is 0 Å². The molecule has 0 unspecified atom stereocenters. The number of aryl methyl sites for hydroxylation is 2. The SMILES string of the molecule is CCOc1cc(/C=C2/SC(=Nc3ccc(C)c(Cl)c3)N(c3ccc(C)c(Cl)c3)C2=O)cc(I)c1OCc1ccc(Cl)cc1. The predicted molar refractivity (Wildman–Crippen MR) is 189 cm³/mol. The summed E-state index contributed by atoms with van der Waals surface area (Å²) in [5, 5.41) is 2.34. The molecule has 1 saturated heterocycles. The maximum atomic E-state index is 13.9. The van der Waals surface area contributed by atoms with Crippen LogP contribution >= 0.6 is 69.2 Å². The molecule has 0 N–H and O–H groups in total. The molecule has 220 valence electrons. The van der Waals surface area contributed by atoms with E-state index in [0.29, 0.717) is 61.2 Å². The van der Waals surface area contributed by atoms with Crippen molar-refractivity contribution in [3.63, 3.8) is 0 Å². The largest absolute Gasteiger partial charge is 0.490 e. The van der Waals surface area contributed by atoms with Gasteiger partial charge in [0.1, 0.15) is 6.61 Å². The molecule has 1 heterocycles. The van der Waals surface area contributed by atoms with Crippen LogP contribution in [-0.2, 0) is 11.4 Å². The summed E-state index contributed by atoms with van der Waals surface area (Å²) in [5.74, 6) is 1.02. The van der Waals surface area contributed by atoms with Crippen LogP contribution < -0.4 is 14.4 Å². The zero-order valence-electron chi connectivity index (χ0n) is 23.5. The number of amidine groups is 1. The van der Waals surface area contributed by atoms with Crippen LogP contribution in [0.5, 0.6) is 11.5 Å². The van der Waals surface area contributed by atoms with Crippen LogP contribution in [0, 0.1) is 17.4 Å². The van der Waals surface area contributed by atoms with Gasteiger partial charge in [0, 0.05) is 15.1 Å². The minimum Gasteiger partial charge on any atom is -0.490 e. The second-order valence-corrected chi connectivity index (χ2v) is 13.1. The summed E-state index contributed by atoms with van der Waals surface area (Å²) >= 11 is 22.4. The first kappa shape index (κ1) is 31.7. The van der Waals surface area contributed by atoms with Gasteiger partial charge in [-0.1, -0.05) is 59.1 Å². The second kappa shape index (κ2) is 13.9. The number of anilines is 1. The molecule has 1 aliphatic rings. The van der Waals surface area contributed by atoms with Gasteiger partial charge in [-0.15, -0.1) is 0 Å². The zero-order chi connectivity index (χ0) is 30.7. The van der Waals surface area contributed by atoms with Gasteiger partial charge in [-0.3, -0.25) is 9.69 Å². The Bertz CT molecular complexity index is 1760. The van der Waals surface area contributed by atoms with Crippen molar-refractivity contribution in [2.75, 3.05) is 11.5 Å². The van der Waals surface area contributed by atoms with Gasteiger partial charge < -0.3 is 9.47 Å². The van der Waals surface area contributed by atoms with Crippen molar-refractivity contribution >= 4 is 97.7 Å². The average Bonchev–Trinajstić information content (AvgIpc) is 3.26. The molecule has 10 heteroatoms. The van der Waals surface area contributed by atoms with Gasteiger partial charge in [0.05, 0.1) is 26.5 Å². The molecule has 0 aliphatic carbocycles. The van der Waals surface area contributed by atoms with Crippen molar-refractivity contribution in [3.8, 4) is 11.5 Å². The standard InChI is InChI=1S/C33H26Cl3IN2O3S/c1-4-41-29-14-22(13-28(37)31(29)42-18-21-7-9-23(34)10-8-21)15-30-32(40)39(25-12-6-20(3)27(36)17-25)33(43-30)38-24-11-5-19(2)26(35)16-24/h5-17H,4,18H2,1-3H3/b30-15+,38-33?. The first-order valence-corrected chi connectivity index (χ1v) is 16.3. The summed E-state index contributed by atoms with van der Waals surface area (Å²) in [6, 6.07) is 22.5. The number of carbonyl (C=O) groups excluding carboxylic acids is 1. The Kier molecular flexibility index (Phi) is 10.3. The maximum absolute atomic E-state index is 13.9. The quantitative estimate of drug-likeness (QED) is 0.132. The lowest BCUT2D eigenvalue weighted by molar-refractivity contribution is -0.113. The molecule has 0 saturated carbocycles. The number of halogens is 4. The number of amides is 1. The van der Waals surface area contributed by atoms with E-state index in [0.717, 1.165) is 25.8 Å². The van der Waals surface area contributed by atoms with Crippen molar-refractivity contribution in [2.45, 2.75) is 27.4 Å². The lowest BCUT2D eigenvalue weighted by Gasteiger charge is -2.17. The summed E-state index contributed by atoms with van der Waals surface area (Å²) in [5.41, 5.74) is 4.92. The summed E-state index contributed by atoms with van der Waals surface area (Å²) < 4.78 is 13.0. The highest BCUT2D eigenvalue weighted by molar-refractivity contribution is 14.1. The van der Waals surface area contributed by atoms with Gasteiger partial charge in [0.2, 0.25) is 0 Å². The van der Waals surface area contributed by atoms with Crippen LogP contribution in [0.4, 0.5) is 11.4 Å². The molecule has 5 nitrogen and oxygen atoms in total. The van der Waals surface area contributed by atoms with Crippen molar-refractivity contribution in [2.24, 2.45) is 4.99 Å². The third-order valence-electron chi connectivity index (χ3n) is 6.53. The number of ether oxygens (including phenoxy) is 2. The summed E-state index contributed by atoms with van der Waals surface area (Å²) in [6.07, 6.45) is 1.84. The number of thioether (sulfide) groups is 1. The first-order valence-electron chi connectivity index (χ1n) is 13.3. The number of aliphatic imine (C=N–C) groups is 1. The van der Waals surface area contributed by atoms with E-state index in [1.807, 2.05) is 87.5 Å². The smallest absolute Gasteiger partial charge is 0.271 e. The van der Waals surface area contributed by atoms with Crippen LogP contribution in [0.3, 0.4) is 0 Å². The Morgan fingerprint density at radius 3 is 2.28 bits per heavy atom. The molecule has 5 rings (SSSR count). The molecule has 0 atom stereocenters. The fraction of sp³-hybridized carbons (Fsp3) is 0.152. The van der Waals surface area contributed by atoms with Gasteiger partial charge in [0.25, 0.3) is 5.91 Å². The number of hydrogen-bond donors (Lipinski definition) is 0. The van der Waals surface area contributed by atoms with Crippen LogP contribution in [0.15, 0.2) is 82.7 Å². The molecule has 0 bridgehead atoms. The van der Waals surface area contributed by atoms with Crippen molar-refractivity contribution < 1.29 is 14.3 Å². The van der Waals surface area contributed by atoms with Gasteiger partial charge in [0.15, 0.2) is 16.7 Å². The fourth-order valence-electron chi connectivity index (χ4n) is 4.22. The van der Waals surface area contributed by atoms with E-state index in [4.69, 9.17) is 49.3 Å². The third-order valence-corrected chi connectivity index (χ3v) is 9.36. The highest BCUT2D eigenvalue weighted by Gasteiger charge is 2.35. The van der Waals surface area contributed by atoms with Crippen molar-refractivity contribution in [1.29, 1.82) is 0 Å². The van der Waals surface area contributed by atoms with Gasteiger partial charge in [-0.2, -0.15) is 0 Å². The molecular weight excluding hydrogens is 738 g/mol. The highest BCUT2D eigenvalue weighted by Crippen LogP contribution is 2.41. The third kappa shape index (κ3) is 7.52. The topological polar surface area (TPSA) is 51.1 Å². The van der Waals surface area contributed by atoms with Crippen LogP contribution in [-0.4, -0.2) is 17.7 Å². The number of benzene rings is 4. The van der Waals surface area contributed by atoms with Gasteiger partial charge in [-0.25, -0.2) is 4.99 Å². The van der Waals surface area contributed by atoms with Gasteiger partial charge in [-0.05, 0) is 132 Å². The van der Waals surface area contributed by atoms with E-state index in [1.165, 1.54) is 11.8 Å². The minimum absolute atomic E-state index is 0.210. The molecule has 0 aromatic heterocycles. The number of nitrogens with zero attached hydrogens (tertiary/aromatic N) is 2. The molecule has 4 aromatic rings. The molecule has 1 aliphatic heterocycles. The lowest BCUT2D eigenvalue weighted by Crippen LogP contribution is -2.28. The van der Waals surface area contributed by atoms with Crippen LogP contribution in [0.1, 0.15) is 29.2 Å². The van der Waals surface area contributed by atoms with Crippen molar-refractivity contribution in [3.05, 3.63) is 119 Å². The van der Waals surface area contributed by atoms with Gasteiger partial charge >= 0.3 is 0 Å². The lowest BCUT2D eigenvalue weighted by atomic mass is 10.1. The molecule has 0 spiro atoms. The van der Waals surface area contributed by atoms with E-state index in [1.54, 1.807) is 17.0 Å². The summed E-state index contributed by atoms with van der Waals surface area (Å²) in [4.78, 5) is 20.8. The Morgan fingerprint density at radius 2 is 1.60 bits per heavy atom. The van der Waals surface area contributed by atoms with E-state index >= 15 is 0 Å². The highest BCUT2D eigenvalue weighted by atomic mass is 127. The number of hydrogen-bond acceptors (Lipinski definition) is 5. The van der Waals surface area contributed by atoms with Crippen LogP contribution in [0.25, 0.3) is 6.08 Å². The molecule has 0 radical (unpaired) electrons. The maximum Gasteiger partial charge on any atom is 0.271 e. The van der Waals surface area contributed by atoms with E-state index in [-0.39, 0.29) is 5.91 Å². The Balaban J connectivity index is 1.51. The Hall–Kier alpha value is -2.69. The van der Waals surface area contributed by atoms with E-state index in [2.05, 4.69) is 22.6 Å². The number of carbonyl (C=O) groups is 1. The summed E-state index contributed by atoms with van der Waals surface area (Å²) in [7, 11) is 0. The second-order valence-electron chi connectivity index (χ2n) is 9.69. The van der Waals surface area contributed by atoms with E-state index < -0.39 is 0 Å². The summed E-state index contributed by atoms with van der Waals surface area (Å²) in [6.45, 7) is 6.59. The first-order chi connectivity index (χ1) is 20.6. The predicted octanol–water partition coefficient (Wildman–Crippen LogP) is 10.7. The Morgan fingerprint density at radius 1 is 0.907 bits per heavy atom. The van der Waals surface area contributed by atoms with E-state index in [9.17, 15) is 4.79 Å². The monoisotopic (exact) mass is 762 g/mol. The molecule has 1 fully saturated rings. The zero-order valence-corrected chi connectivity index (χ0v) is 28.7. The molecule has 43 heavy (non-hydrogen) atoms.